The maximum Gasteiger partial charge on any atom is 0.251 e. The predicted molar refractivity (Wildman–Crippen MR) is 94.5 cm³/mol. The van der Waals surface area contributed by atoms with Crippen LogP contribution >= 0.6 is 0 Å². The summed E-state index contributed by atoms with van der Waals surface area (Å²) in [7, 11) is 0. The standard InChI is InChI=1S/C19H29N3O/c1-14-7-8-15(20)13-18(14)19(23)21-16-9-11-22(12-10-16)17-5-3-2-4-6-17/h7-8,13,16-17H,2-6,9-12,20H2,1H3,(H,21,23). The number of rotatable bonds is 3. The molecule has 23 heavy (non-hydrogen) atoms. The van der Waals surface area contributed by atoms with E-state index in [0.29, 0.717) is 17.3 Å². The van der Waals surface area contributed by atoms with Crippen molar-refractivity contribution in [2.75, 3.05) is 18.8 Å². The van der Waals surface area contributed by atoms with E-state index in [4.69, 9.17) is 5.73 Å². The van der Waals surface area contributed by atoms with E-state index in [1.54, 1.807) is 6.07 Å². The smallest absolute Gasteiger partial charge is 0.251 e. The number of nitrogen functional groups attached to an aromatic ring is 1. The van der Waals surface area contributed by atoms with Crippen molar-refractivity contribution in [3.05, 3.63) is 29.3 Å². The first-order valence-electron chi connectivity index (χ1n) is 9.04. The summed E-state index contributed by atoms with van der Waals surface area (Å²) >= 11 is 0. The highest BCUT2D eigenvalue weighted by molar-refractivity contribution is 5.96. The first-order valence-corrected chi connectivity index (χ1v) is 9.04. The number of piperidine rings is 1. The zero-order valence-electron chi connectivity index (χ0n) is 14.2. The fourth-order valence-electron chi connectivity index (χ4n) is 4.00. The van der Waals surface area contributed by atoms with Gasteiger partial charge in [-0.15, -0.1) is 0 Å². The van der Waals surface area contributed by atoms with Crippen molar-refractivity contribution in [3.8, 4) is 0 Å². The molecule has 1 saturated heterocycles. The van der Waals surface area contributed by atoms with Crippen LogP contribution < -0.4 is 11.1 Å². The van der Waals surface area contributed by atoms with E-state index in [9.17, 15) is 4.79 Å². The molecule has 0 atom stereocenters. The van der Waals surface area contributed by atoms with E-state index in [-0.39, 0.29) is 5.91 Å². The van der Waals surface area contributed by atoms with Crippen LogP contribution in [0.2, 0.25) is 0 Å². The largest absolute Gasteiger partial charge is 0.399 e. The van der Waals surface area contributed by atoms with Crippen LogP contribution in [0.4, 0.5) is 5.69 Å². The van der Waals surface area contributed by atoms with Crippen LogP contribution in [0.3, 0.4) is 0 Å². The van der Waals surface area contributed by atoms with Crippen molar-refractivity contribution in [2.24, 2.45) is 0 Å². The van der Waals surface area contributed by atoms with Crippen molar-refractivity contribution in [3.63, 3.8) is 0 Å². The minimum atomic E-state index is 0.0194. The number of hydrogen-bond acceptors (Lipinski definition) is 3. The number of aryl methyl sites for hydroxylation is 1. The molecular formula is C19H29N3O. The van der Waals surface area contributed by atoms with Gasteiger partial charge in [-0.05, 0) is 50.3 Å². The Morgan fingerprint density at radius 1 is 1.13 bits per heavy atom. The zero-order chi connectivity index (χ0) is 16.2. The average molecular weight is 315 g/mol. The fraction of sp³-hybridized carbons (Fsp3) is 0.632. The van der Waals surface area contributed by atoms with Crippen LogP contribution in [0.1, 0.15) is 60.9 Å². The molecule has 1 aromatic carbocycles. The first-order chi connectivity index (χ1) is 11.1. The van der Waals surface area contributed by atoms with Crippen molar-refractivity contribution in [1.82, 2.24) is 10.2 Å². The molecule has 0 aromatic heterocycles. The summed E-state index contributed by atoms with van der Waals surface area (Å²) < 4.78 is 0. The number of hydrogen-bond donors (Lipinski definition) is 2. The van der Waals surface area contributed by atoms with Crippen LogP contribution in [0, 0.1) is 6.92 Å². The molecule has 3 N–H and O–H groups in total. The maximum atomic E-state index is 12.5. The summed E-state index contributed by atoms with van der Waals surface area (Å²) in [5.41, 5.74) is 8.15. The first kappa shape index (κ1) is 16.3. The van der Waals surface area contributed by atoms with Gasteiger partial charge in [-0.25, -0.2) is 0 Å². The van der Waals surface area contributed by atoms with Gasteiger partial charge in [0.15, 0.2) is 0 Å². The molecule has 0 bridgehead atoms. The number of amides is 1. The molecule has 0 unspecified atom stereocenters. The number of nitrogens with two attached hydrogens (primary N) is 1. The second kappa shape index (κ2) is 7.35. The molecule has 4 nitrogen and oxygen atoms in total. The summed E-state index contributed by atoms with van der Waals surface area (Å²) in [4.78, 5) is 15.1. The molecule has 1 amide bonds. The number of carbonyl (C=O) groups excluding carboxylic acids is 1. The minimum absolute atomic E-state index is 0.0194. The zero-order valence-corrected chi connectivity index (χ0v) is 14.2. The quantitative estimate of drug-likeness (QED) is 0.843. The van der Waals surface area contributed by atoms with Gasteiger partial charge in [0.2, 0.25) is 0 Å². The van der Waals surface area contributed by atoms with Gasteiger partial charge in [0, 0.05) is 36.4 Å². The SMILES string of the molecule is Cc1ccc(N)cc1C(=O)NC1CCN(C2CCCCC2)CC1. The average Bonchev–Trinajstić information content (AvgIpc) is 2.58. The lowest BCUT2D eigenvalue weighted by Crippen LogP contribution is -2.48. The highest BCUT2D eigenvalue weighted by Crippen LogP contribution is 2.25. The molecule has 1 aliphatic heterocycles. The number of carbonyl (C=O) groups is 1. The minimum Gasteiger partial charge on any atom is -0.399 e. The van der Waals surface area contributed by atoms with Gasteiger partial charge in [0.05, 0.1) is 0 Å². The van der Waals surface area contributed by atoms with Crippen molar-refractivity contribution < 1.29 is 4.79 Å². The molecule has 1 aromatic rings. The topological polar surface area (TPSA) is 58.4 Å². The van der Waals surface area contributed by atoms with Gasteiger partial charge in [-0.3, -0.25) is 4.79 Å². The highest BCUT2D eigenvalue weighted by Gasteiger charge is 2.27. The van der Waals surface area contributed by atoms with E-state index in [1.807, 2.05) is 19.1 Å². The van der Waals surface area contributed by atoms with Gasteiger partial charge in [0.1, 0.15) is 0 Å². The number of likely N-dealkylation sites (tertiary alicyclic amines) is 1. The lowest BCUT2D eigenvalue weighted by Gasteiger charge is -2.39. The monoisotopic (exact) mass is 315 g/mol. The number of anilines is 1. The fourth-order valence-corrected chi connectivity index (χ4v) is 4.00. The third-order valence-corrected chi connectivity index (χ3v) is 5.46. The van der Waals surface area contributed by atoms with E-state index < -0.39 is 0 Å². The van der Waals surface area contributed by atoms with Gasteiger partial charge in [-0.2, -0.15) is 0 Å². The summed E-state index contributed by atoms with van der Waals surface area (Å²) in [5, 5.41) is 3.21. The summed E-state index contributed by atoms with van der Waals surface area (Å²) in [6, 6.07) is 6.62. The maximum absolute atomic E-state index is 12.5. The predicted octanol–water partition coefficient (Wildman–Crippen LogP) is 3.10. The Balaban J connectivity index is 1.52. The number of nitrogens with zero attached hydrogens (tertiary/aromatic N) is 1. The molecule has 126 valence electrons. The van der Waals surface area contributed by atoms with Crippen LogP contribution in [0.5, 0.6) is 0 Å². The third-order valence-electron chi connectivity index (χ3n) is 5.46. The van der Waals surface area contributed by atoms with Gasteiger partial charge in [0.25, 0.3) is 5.91 Å². The molecule has 3 rings (SSSR count). The normalized spacial score (nSPS) is 21.3. The summed E-state index contributed by atoms with van der Waals surface area (Å²) in [6.45, 7) is 4.19. The van der Waals surface area contributed by atoms with Gasteiger partial charge >= 0.3 is 0 Å². The molecule has 1 saturated carbocycles. The Kier molecular flexibility index (Phi) is 5.21. The van der Waals surface area contributed by atoms with Crippen LogP contribution in [0.25, 0.3) is 0 Å². The molecule has 0 radical (unpaired) electrons. The second-order valence-electron chi connectivity index (χ2n) is 7.15. The Labute approximate surface area is 139 Å². The number of benzene rings is 1. The lowest BCUT2D eigenvalue weighted by atomic mass is 9.92. The van der Waals surface area contributed by atoms with Crippen LogP contribution in [0.15, 0.2) is 18.2 Å². The molecule has 1 heterocycles. The van der Waals surface area contributed by atoms with Crippen molar-refractivity contribution >= 4 is 11.6 Å². The Bertz CT molecular complexity index is 544. The van der Waals surface area contributed by atoms with Crippen LogP contribution in [-0.2, 0) is 0 Å². The lowest BCUT2D eigenvalue weighted by molar-refractivity contribution is 0.0865. The van der Waals surface area contributed by atoms with Crippen molar-refractivity contribution in [2.45, 2.75) is 64.0 Å². The number of nitrogens with one attached hydrogen (secondary N) is 1. The third kappa shape index (κ3) is 4.05. The highest BCUT2D eigenvalue weighted by atomic mass is 16.1. The van der Waals surface area contributed by atoms with Crippen molar-refractivity contribution in [1.29, 1.82) is 0 Å². The van der Waals surface area contributed by atoms with Gasteiger partial charge in [-0.1, -0.05) is 25.3 Å². The van der Waals surface area contributed by atoms with E-state index >= 15 is 0 Å². The summed E-state index contributed by atoms with van der Waals surface area (Å²) in [5.74, 6) is 0.0194. The molecule has 0 spiro atoms. The molecule has 1 aliphatic carbocycles. The van der Waals surface area contributed by atoms with Gasteiger partial charge < -0.3 is 16.0 Å². The Morgan fingerprint density at radius 2 is 1.83 bits per heavy atom. The molecule has 4 heteroatoms. The second-order valence-corrected chi connectivity index (χ2v) is 7.15. The Morgan fingerprint density at radius 3 is 2.52 bits per heavy atom. The molecule has 2 aliphatic rings. The van der Waals surface area contributed by atoms with E-state index in [2.05, 4.69) is 10.2 Å². The summed E-state index contributed by atoms with van der Waals surface area (Å²) in [6.07, 6.45) is 9.01. The molecule has 2 fully saturated rings. The van der Waals surface area contributed by atoms with E-state index in [0.717, 1.165) is 37.5 Å². The van der Waals surface area contributed by atoms with Crippen LogP contribution in [-0.4, -0.2) is 36.0 Å². The van der Waals surface area contributed by atoms with E-state index in [1.165, 1.54) is 32.1 Å². The Hall–Kier alpha value is -1.55. The molecular weight excluding hydrogens is 286 g/mol.